The molecule has 0 N–H and O–H groups in total. The summed E-state index contributed by atoms with van der Waals surface area (Å²) in [5.74, 6) is -0.116. The van der Waals surface area contributed by atoms with Crippen LogP contribution in [0, 0.1) is 30.9 Å². The summed E-state index contributed by atoms with van der Waals surface area (Å²) in [7, 11) is -3.89. The molecule has 0 aliphatic carbocycles. The van der Waals surface area contributed by atoms with Crippen LogP contribution in [0.1, 0.15) is 27.0 Å². The Balaban J connectivity index is 1.78. The number of nitro groups is 1. The van der Waals surface area contributed by atoms with Crippen LogP contribution in [-0.4, -0.2) is 54.6 Å². The van der Waals surface area contributed by atoms with Gasteiger partial charge in [0.05, 0.1) is 9.82 Å². The smallest absolute Gasteiger partial charge is 0.270 e. The molecule has 1 amide bonds. The maximum absolute atomic E-state index is 13.0. The molecule has 3 rings (SSSR count). The van der Waals surface area contributed by atoms with Crippen LogP contribution in [0.5, 0.6) is 0 Å². The minimum absolute atomic E-state index is 0.0685. The topological polar surface area (TPSA) is 101 Å². The van der Waals surface area contributed by atoms with Crippen molar-refractivity contribution in [2.75, 3.05) is 26.2 Å². The van der Waals surface area contributed by atoms with Gasteiger partial charge in [0.25, 0.3) is 11.6 Å². The molecule has 1 fully saturated rings. The minimum atomic E-state index is -3.89. The highest BCUT2D eigenvalue weighted by atomic mass is 32.2. The van der Waals surface area contributed by atoms with Gasteiger partial charge in [-0.2, -0.15) is 4.31 Å². The van der Waals surface area contributed by atoms with Gasteiger partial charge in [0.2, 0.25) is 10.0 Å². The summed E-state index contributed by atoms with van der Waals surface area (Å²) in [5.41, 5.74) is 2.75. The van der Waals surface area contributed by atoms with Gasteiger partial charge in [-0.3, -0.25) is 14.9 Å². The molecule has 1 saturated heterocycles. The molecule has 0 radical (unpaired) electrons. The zero-order valence-corrected chi connectivity index (χ0v) is 17.4. The van der Waals surface area contributed by atoms with Crippen LogP contribution >= 0.6 is 0 Å². The molecule has 0 bridgehead atoms. The Kier molecular flexibility index (Phi) is 5.72. The van der Waals surface area contributed by atoms with Gasteiger partial charge in [0.1, 0.15) is 0 Å². The van der Waals surface area contributed by atoms with Gasteiger partial charge >= 0.3 is 0 Å². The molecule has 0 unspecified atom stereocenters. The van der Waals surface area contributed by atoms with E-state index in [4.69, 9.17) is 0 Å². The van der Waals surface area contributed by atoms with E-state index in [1.165, 1.54) is 16.4 Å². The van der Waals surface area contributed by atoms with Gasteiger partial charge in [-0.15, -0.1) is 0 Å². The second-order valence-electron chi connectivity index (χ2n) is 7.15. The van der Waals surface area contributed by atoms with Crippen molar-refractivity contribution in [2.45, 2.75) is 25.7 Å². The van der Waals surface area contributed by atoms with Crippen LogP contribution in [0.4, 0.5) is 5.69 Å². The Hall–Kier alpha value is -2.78. The van der Waals surface area contributed by atoms with E-state index < -0.39 is 14.9 Å². The van der Waals surface area contributed by atoms with Crippen molar-refractivity contribution in [3.05, 3.63) is 68.8 Å². The summed E-state index contributed by atoms with van der Waals surface area (Å²) in [6.07, 6.45) is 0. The van der Waals surface area contributed by atoms with Gasteiger partial charge in [0, 0.05) is 43.9 Å². The van der Waals surface area contributed by atoms with Crippen molar-refractivity contribution < 1.29 is 18.1 Å². The van der Waals surface area contributed by atoms with Gasteiger partial charge in [-0.1, -0.05) is 18.2 Å². The summed E-state index contributed by atoms with van der Waals surface area (Å²) in [6.45, 7) is 6.25. The molecule has 2 aromatic rings. The molecule has 9 heteroatoms. The lowest BCUT2D eigenvalue weighted by atomic mass is 10.0. The number of amides is 1. The zero-order chi connectivity index (χ0) is 21.3. The van der Waals surface area contributed by atoms with Crippen molar-refractivity contribution in [2.24, 2.45) is 0 Å². The standard InChI is InChI=1S/C20H23N3O5S/c1-14-5-4-6-18(16(14)3)20(24)21-9-11-22(12-10-21)29(27,28)19-13-17(23(25)26)8-7-15(19)2/h4-8,13H,9-12H2,1-3H3. The maximum Gasteiger partial charge on any atom is 0.270 e. The van der Waals surface area contributed by atoms with Gasteiger partial charge < -0.3 is 4.90 Å². The van der Waals surface area contributed by atoms with Crippen molar-refractivity contribution in [1.29, 1.82) is 0 Å². The van der Waals surface area contributed by atoms with E-state index in [-0.39, 0.29) is 42.7 Å². The molecule has 1 aliphatic rings. The molecule has 8 nitrogen and oxygen atoms in total. The third-order valence-corrected chi connectivity index (χ3v) is 7.40. The minimum Gasteiger partial charge on any atom is -0.336 e. The summed E-state index contributed by atoms with van der Waals surface area (Å²) in [6, 6.07) is 9.37. The fourth-order valence-electron chi connectivity index (χ4n) is 3.40. The molecular weight excluding hydrogens is 394 g/mol. The number of benzene rings is 2. The number of nitro benzene ring substituents is 1. The maximum atomic E-state index is 13.0. The lowest BCUT2D eigenvalue weighted by Gasteiger charge is -2.34. The molecule has 0 saturated carbocycles. The van der Waals surface area contributed by atoms with E-state index in [1.807, 2.05) is 26.0 Å². The molecular formula is C20H23N3O5S. The number of carbonyl (C=O) groups excluding carboxylic acids is 1. The Morgan fingerprint density at radius 1 is 1.00 bits per heavy atom. The molecule has 154 valence electrons. The number of non-ortho nitro benzene ring substituents is 1. The molecule has 0 spiro atoms. The van der Waals surface area contributed by atoms with Gasteiger partial charge in [-0.05, 0) is 43.5 Å². The predicted molar refractivity (Wildman–Crippen MR) is 108 cm³/mol. The Labute approximate surface area is 169 Å². The van der Waals surface area contributed by atoms with Crippen molar-refractivity contribution in [1.82, 2.24) is 9.21 Å². The fraction of sp³-hybridized carbons (Fsp3) is 0.350. The first-order valence-electron chi connectivity index (χ1n) is 9.23. The second kappa shape index (κ2) is 7.92. The van der Waals surface area contributed by atoms with Crippen molar-refractivity contribution >= 4 is 21.6 Å². The van der Waals surface area contributed by atoms with E-state index in [1.54, 1.807) is 17.9 Å². The summed E-state index contributed by atoms with van der Waals surface area (Å²) >= 11 is 0. The van der Waals surface area contributed by atoms with E-state index in [2.05, 4.69) is 0 Å². The van der Waals surface area contributed by atoms with E-state index in [0.717, 1.165) is 17.2 Å². The number of piperazine rings is 1. The Morgan fingerprint density at radius 2 is 1.66 bits per heavy atom. The lowest BCUT2D eigenvalue weighted by Crippen LogP contribution is -2.50. The van der Waals surface area contributed by atoms with Crippen LogP contribution in [0.2, 0.25) is 0 Å². The molecule has 1 aliphatic heterocycles. The summed E-state index contributed by atoms with van der Waals surface area (Å²) in [4.78, 5) is 24.8. The highest BCUT2D eigenvalue weighted by molar-refractivity contribution is 7.89. The predicted octanol–water partition coefficient (Wildman–Crippen LogP) is 2.67. The number of carbonyl (C=O) groups is 1. The van der Waals surface area contributed by atoms with Crippen molar-refractivity contribution in [3.63, 3.8) is 0 Å². The third-order valence-electron chi connectivity index (χ3n) is 5.36. The van der Waals surface area contributed by atoms with Crippen LogP contribution in [-0.2, 0) is 10.0 Å². The van der Waals surface area contributed by atoms with Crippen molar-refractivity contribution in [3.8, 4) is 0 Å². The van der Waals surface area contributed by atoms with Gasteiger partial charge in [0.15, 0.2) is 0 Å². The normalized spacial score (nSPS) is 15.3. The largest absolute Gasteiger partial charge is 0.336 e. The SMILES string of the molecule is Cc1ccc([N+](=O)[O-])cc1S(=O)(=O)N1CCN(C(=O)c2cccc(C)c2C)CC1. The van der Waals surface area contributed by atoms with E-state index >= 15 is 0 Å². The fourth-order valence-corrected chi connectivity index (χ4v) is 5.07. The Morgan fingerprint density at radius 3 is 2.28 bits per heavy atom. The first-order chi connectivity index (χ1) is 13.6. The Bertz CT molecular complexity index is 1070. The van der Waals surface area contributed by atoms with E-state index in [0.29, 0.717) is 11.1 Å². The number of rotatable bonds is 4. The monoisotopic (exact) mass is 417 g/mol. The highest BCUT2D eigenvalue weighted by Crippen LogP contribution is 2.26. The van der Waals surface area contributed by atoms with E-state index in [9.17, 15) is 23.3 Å². The molecule has 2 aromatic carbocycles. The summed E-state index contributed by atoms with van der Waals surface area (Å²) in [5, 5.41) is 11.0. The van der Waals surface area contributed by atoms with Crippen LogP contribution in [0.3, 0.4) is 0 Å². The number of hydrogen-bond donors (Lipinski definition) is 0. The molecule has 29 heavy (non-hydrogen) atoms. The average molecular weight is 417 g/mol. The number of nitrogens with zero attached hydrogens (tertiary/aromatic N) is 3. The van der Waals surface area contributed by atoms with Gasteiger partial charge in [-0.25, -0.2) is 8.42 Å². The highest BCUT2D eigenvalue weighted by Gasteiger charge is 2.32. The molecule has 1 heterocycles. The second-order valence-corrected chi connectivity index (χ2v) is 9.06. The number of aryl methyl sites for hydroxylation is 2. The third kappa shape index (κ3) is 4.01. The summed E-state index contributed by atoms with van der Waals surface area (Å²) < 4.78 is 27.3. The van der Waals surface area contributed by atoms with Crippen LogP contribution < -0.4 is 0 Å². The van der Waals surface area contributed by atoms with Crippen LogP contribution in [0.25, 0.3) is 0 Å². The first kappa shape index (κ1) is 20.9. The zero-order valence-electron chi connectivity index (χ0n) is 16.6. The first-order valence-corrected chi connectivity index (χ1v) is 10.7. The lowest BCUT2D eigenvalue weighted by molar-refractivity contribution is -0.385. The number of hydrogen-bond acceptors (Lipinski definition) is 5. The average Bonchev–Trinajstić information content (AvgIpc) is 2.69. The quantitative estimate of drug-likeness (QED) is 0.562. The molecule has 0 atom stereocenters. The molecule has 0 aromatic heterocycles. The van der Waals surface area contributed by atoms with Crippen LogP contribution in [0.15, 0.2) is 41.3 Å². The number of sulfonamides is 1.